The van der Waals surface area contributed by atoms with E-state index in [1.165, 1.54) is 11.3 Å². The molecule has 1 atom stereocenters. The van der Waals surface area contributed by atoms with Gasteiger partial charge >= 0.3 is 0 Å². The highest BCUT2D eigenvalue weighted by molar-refractivity contribution is 7.13. The Bertz CT molecular complexity index is 771. The first-order valence-electron chi connectivity index (χ1n) is 7.66. The van der Waals surface area contributed by atoms with E-state index in [0.717, 1.165) is 17.2 Å². The quantitative estimate of drug-likeness (QED) is 0.707. The molecule has 0 saturated heterocycles. The fourth-order valence-electron chi connectivity index (χ4n) is 2.21. The fraction of sp³-hybridized carbons (Fsp3) is 0.312. The van der Waals surface area contributed by atoms with Gasteiger partial charge in [0, 0.05) is 43.3 Å². The van der Waals surface area contributed by atoms with E-state index in [1.807, 2.05) is 22.3 Å². The van der Waals surface area contributed by atoms with Crippen LogP contribution in [-0.4, -0.2) is 37.2 Å². The number of nitrogens with one attached hydrogen (secondary N) is 1. The minimum Gasteiger partial charge on any atom is -0.355 e. The Kier molecular flexibility index (Phi) is 5.27. The number of carbonyl (C=O) groups is 1. The van der Waals surface area contributed by atoms with Gasteiger partial charge in [0.15, 0.2) is 10.8 Å². The molecular weight excluding hydrogens is 324 g/mol. The summed E-state index contributed by atoms with van der Waals surface area (Å²) in [5.41, 5.74) is 0.736. The maximum Gasteiger partial charge on any atom is 0.226 e. The van der Waals surface area contributed by atoms with Crippen LogP contribution in [0.5, 0.6) is 0 Å². The Morgan fingerprint density at radius 3 is 2.88 bits per heavy atom. The summed E-state index contributed by atoms with van der Waals surface area (Å²) in [6, 6.07) is 3.65. The average Bonchev–Trinajstić information content (AvgIpc) is 3.26. The first-order chi connectivity index (χ1) is 11.7. The molecule has 0 aliphatic carbocycles. The molecule has 0 fully saturated rings. The lowest BCUT2D eigenvalue weighted by Gasteiger charge is -2.12. The Morgan fingerprint density at radius 2 is 2.12 bits per heavy atom. The summed E-state index contributed by atoms with van der Waals surface area (Å²) in [4.78, 5) is 24.8. The van der Waals surface area contributed by atoms with Crippen LogP contribution >= 0.6 is 11.3 Å². The second kappa shape index (κ2) is 7.78. The third-order valence-corrected chi connectivity index (χ3v) is 4.24. The molecule has 0 bridgehead atoms. The standard InChI is InChI=1S/C16H18N6OS/c1-12(10-22-7-3-6-20-22)9-19-14(23)8-13-11-24-16(21-13)15-17-4-2-5-18-15/h2-7,11-12H,8-10H2,1H3,(H,19,23)/t12-/m1/s1. The molecule has 0 aliphatic rings. The van der Waals surface area contributed by atoms with Gasteiger partial charge in [-0.15, -0.1) is 11.3 Å². The zero-order valence-corrected chi connectivity index (χ0v) is 14.1. The number of rotatable bonds is 7. The van der Waals surface area contributed by atoms with Crippen LogP contribution in [0.3, 0.4) is 0 Å². The molecule has 1 amide bonds. The summed E-state index contributed by atoms with van der Waals surface area (Å²) in [6.45, 7) is 3.46. The van der Waals surface area contributed by atoms with Gasteiger partial charge in [-0.05, 0) is 18.1 Å². The highest BCUT2D eigenvalue weighted by Gasteiger charge is 2.11. The highest BCUT2D eigenvalue weighted by Crippen LogP contribution is 2.19. The fourth-order valence-corrected chi connectivity index (χ4v) is 2.97. The second-order valence-electron chi connectivity index (χ2n) is 5.53. The third kappa shape index (κ3) is 4.45. The van der Waals surface area contributed by atoms with E-state index in [9.17, 15) is 4.79 Å². The van der Waals surface area contributed by atoms with E-state index in [1.54, 1.807) is 24.7 Å². The minimum absolute atomic E-state index is 0.0341. The number of hydrogen-bond donors (Lipinski definition) is 1. The molecule has 3 aromatic heterocycles. The number of amides is 1. The molecule has 0 aromatic carbocycles. The van der Waals surface area contributed by atoms with Crippen molar-refractivity contribution in [3.05, 3.63) is 48.0 Å². The zero-order chi connectivity index (χ0) is 16.8. The van der Waals surface area contributed by atoms with E-state index in [2.05, 4.69) is 32.3 Å². The first-order valence-corrected chi connectivity index (χ1v) is 8.54. The molecule has 0 unspecified atom stereocenters. The predicted molar refractivity (Wildman–Crippen MR) is 91.2 cm³/mol. The van der Waals surface area contributed by atoms with Gasteiger partial charge in [0.2, 0.25) is 5.91 Å². The smallest absolute Gasteiger partial charge is 0.226 e. The lowest BCUT2D eigenvalue weighted by Crippen LogP contribution is -2.31. The van der Waals surface area contributed by atoms with Gasteiger partial charge in [0.1, 0.15) is 0 Å². The van der Waals surface area contributed by atoms with E-state index in [0.29, 0.717) is 18.3 Å². The Labute approximate surface area is 143 Å². The third-order valence-electron chi connectivity index (χ3n) is 3.36. The van der Waals surface area contributed by atoms with Gasteiger partial charge in [-0.1, -0.05) is 6.92 Å². The maximum atomic E-state index is 12.1. The summed E-state index contributed by atoms with van der Waals surface area (Å²) >= 11 is 1.44. The van der Waals surface area contributed by atoms with Crippen molar-refractivity contribution in [3.63, 3.8) is 0 Å². The van der Waals surface area contributed by atoms with Crippen LogP contribution in [0.2, 0.25) is 0 Å². The molecule has 8 heteroatoms. The zero-order valence-electron chi connectivity index (χ0n) is 13.3. The number of hydrogen-bond acceptors (Lipinski definition) is 6. The summed E-state index contributed by atoms with van der Waals surface area (Å²) in [6.07, 6.45) is 7.29. The summed E-state index contributed by atoms with van der Waals surface area (Å²) in [5.74, 6) is 0.854. The van der Waals surface area contributed by atoms with Crippen LogP contribution in [0.15, 0.2) is 42.3 Å². The Balaban J connectivity index is 1.47. The van der Waals surface area contributed by atoms with Crippen molar-refractivity contribution < 1.29 is 4.79 Å². The SMILES string of the molecule is C[C@H](CNC(=O)Cc1csc(-c2ncccn2)n1)Cn1cccn1. The second-order valence-corrected chi connectivity index (χ2v) is 6.39. The largest absolute Gasteiger partial charge is 0.355 e. The van der Waals surface area contributed by atoms with Crippen molar-refractivity contribution in [1.82, 2.24) is 30.0 Å². The van der Waals surface area contributed by atoms with Crippen molar-refractivity contribution in [2.45, 2.75) is 19.9 Å². The number of thiazole rings is 1. The first kappa shape index (κ1) is 16.3. The lowest BCUT2D eigenvalue weighted by molar-refractivity contribution is -0.120. The number of nitrogens with zero attached hydrogens (tertiary/aromatic N) is 5. The lowest BCUT2D eigenvalue weighted by atomic mass is 10.2. The van der Waals surface area contributed by atoms with Crippen molar-refractivity contribution in [1.29, 1.82) is 0 Å². The van der Waals surface area contributed by atoms with Crippen molar-refractivity contribution in [3.8, 4) is 10.8 Å². The molecule has 0 aliphatic heterocycles. The van der Waals surface area contributed by atoms with Gasteiger partial charge < -0.3 is 5.32 Å². The highest BCUT2D eigenvalue weighted by atomic mass is 32.1. The van der Waals surface area contributed by atoms with Crippen LogP contribution in [0, 0.1) is 5.92 Å². The number of aromatic nitrogens is 5. The summed E-state index contributed by atoms with van der Waals surface area (Å²) < 4.78 is 1.86. The minimum atomic E-state index is -0.0341. The monoisotopic (exact) mass is 342 g/mol. The molecule has 7 nitrogen and oxygen atoms in total. The van der Waals surface area contributed by atoms with Gasteiger partial charge in [-0.3, -0.25) is 9.48 Å². The van der Waals surface area contributed by atoms with E-state index in [4.69, 9.17) is 0 Å². The van der Waals surface area contributed by atoms with Crippen molar-refractivity contribution in [2.24, 2.45) is 5.92 Å². The summed E-state index contributed by atoms with van der Waals surface area (Å²) in [5, 5.41) is 9.71. The van der Waals surface area contributed by atoms with Crippen LogP contribution in [-0.2, 0) is 17.8 Å². The normalized spacial score (nSPS) is 12.0. The van der Waals surface area contributed by atoms with E-state index < -0.39 is 0 Å². The van der Waals surface area contributed by atoms with E-state index in [-0.39, 0.29) is 12.3 Å². The average molecular weight is 342 g/mol. The van der Waals surface area contributed by atoms with Crippen molar-refractivity contribution >= 4 is 17.2 Å². The van der Waals surface area contributed by atoms with Gasteiger partial charge in [0.25, 0.3) is 0 Å². The molecule has 3 aromatic rings. The molecule has 24 heavy (non-hydrogen) atoms. The topological polar surface area (TPSA) is 85.6 Å². The van der Waals surface area contributed by atoms with Gasteiger partial charge in [-0.25, -0.2) is 15.0 Å². The Morgan fingerprint density at radius 1 is 1.29 bits per heavy atom. The van der Waals surface area contributed by atoms with Crippen LogP contribution in [0.4, 0.5) is 0 Å². The molecule has 3 heterocycles. The van der Waals surface area contributed by atoms with Crippen LogP contribution in [0.25, 0.3) is 10.8 Å². The summed E-state index contributed by atoms with van der Waals surface area (Å²) in [7, 11) is 0. The molecule has 0 saturated carbocycles. The van der Waals surface area contributed by atoms with Crippen LogP contribution in [0.1, 0.15) is 12.6 Å². The Hall–Kier alpha value is -2.61. The van der Waals surface area contributed by atoms with Gasteiger partial charge in [0.05, 0.1) is 12.1 Å². The number of carbonyl (C=O) groups excluding carboxylic acids is 1. The van der Waals surface area contributed by atoms with Gasteiger partial charge in [-0.2, -0.15) is 5.10 Å². The van der Waals surface area contributed by atoms with Crippen LogP contribution < -0.4 is 5.32 Å². The molecule has 0 radical (unpaired) electrons. The molecule has 124 valence electrons. The molecule has 1 N–H and O–H groups in total. The maximum absolute atomic E-state index is 12.1. The van der Waals surface area contributed by atoms with E-state index >= 15 is 0 Å². The molecule has 0 spiro atoms. The molecular formula is C16H18N6OS. The predicted octanol–water partition coefficient (Wildman–Crippen LogP) is 1.79. The van der Waals surface area contributed by atoms with Crippen molar-refractivity contribution in [2.75, 3.05) is 6.54 Å². The molecule has 3 rings (SSSR count).